The van der Waals surface area contributed by atoms with Crippen LogP contribution in [-0.4, -0.2) is 38.7 Å². The van der Waals surface area contributed by atoms with E-state index in [1.54, 1.807) is 18.2 Å². The molecular formula is C52H54ClF3N2O7. The first-order chi connectivity index (χ1) is 31.2. The highest BCUT2D eigenvalue weighted by Crippen LogP contribution is 2.33. The van der Waals surface area contributed by atoms with E-state index in [0.717, 1.165) is 84.4 Å². The SMILES string of the molecule is CCCCC(Oc1ccc(CCCC(=O)O)cc1)c1cccc(-c2ccc(C(F)(F)F)cc2)n1.CCCC[C@@H](Oc1ccc(OCC(=O)O)c(C)c1)c1cccc(-c2ccc(Cl)cc2)n1. The molecule has 0 spiro atoms. The average molecular weight is 911 g/mol. The number of carboxylic acids is 2. The highest BCUT2D eigenvalue weighted by atomic mass is 35.5. The number of unbranched alkanes of at least 4 members (excludes halogenated alkanes) is 2. The Morgan fingerprint density at radius 2 is 1.18 bits per heavy atom. The second-order valence-corrected chi connectivity index (χ2v) is 15.9. The number of ether oxygens (including phenoxy) is 3. The Balaban J connectivity index is 0.000000245. The summed E-state index contributed by atoms with van der Waals surface area (Å²) in [7, 11) is 0. The lowest BCUT2D eigenvalue weighted by Crippen LogP contribution is -2.11. The number of hydrogen-bond donors (Lipinski definition) is 2. The van der Waals surface area contributed by atoms with Crippen LogP contribution in [0.3, 0.4) is 0 Å². The molecule has 9 nitrogen and oxygen atoms in total. The summed E-state index contributed by atoms with van der Waals surface area (Å²) < 4.78 is 56.5. The summed E-state index contributed by atoms with van der Waals surface area (Å²) in [6.45, 7) is 5.73. The van der Waals surface area contributed by atoms with E-state index in [9.17, 15) is 22.8 Å². The van der Waals surface area contributed by atoms with Crippen LogP contribution in [0.25, 0.3) is 22.5 Å². The number of pyridine rings is 2. The van der Waals surface area contributed by atoms with Crippen LogP contribution in [0.5, 0.6) is 17.2 Å². The molecule has 0 aliphatic rings. The Labute approximate surface area is 383 Å². The van der Waals surface area contributed by atoms with Crippen LogP contribution in [0.1, 0.15) is 106 Å². The van der Waals surface area contributed by atoms with Crippen molar-refractivity contribution in [1.82, 2.24) is 9.97 Å². The molecule has 0 amide bonds. The second-order valence-electron chi connectivity index (χ2n) is 15.5. The van der Waals surface area contributed by atoms with E-state index in [2.05, 4.69) is 13.8 Å². The largest absolute Gasteiger partial charge is 0.484 e. The van der Waals surface area contributed by atoms with E-state index in [4.69, 9.17) is 46.0 Å². The van der Waals surface area contributed by atoms with Gasteiger partial charge in [-0.15, -0.1) is 0 Å². The zero-order chi connectivity index (χ0) is 46.8. The molecule has 6 rings (SSSR count). The molecule has 0 bridgehead atoms. The Bertz CT molecular complexity index is 2430. The number of carbonyl (C=O) groups is 2. The van der Waals surface area contributed by atoms with Crippen molar-refractivity contribution >= 4 is 23.5 Å². The fourth-order valence-electron chi connectivity index (χ4n) is 6.85. The van der Waals surface area contributed by atoms with Gasteiger partial charge in [-0.2, -0.15) is 13.2 Å². The minimum atomic E-state index is -4.38. The lowest BCUT2D eigenvalue weighted by Gasteiger charge is -2.20. The number of carboxylic acid groups (broad SMARTS) is 2. The van der Waals surface area contributed by atoms with Crippen LogP contribution in [-0.2, 0) is 22.2 Å². The maximum Gasteiger partial charge on any atom is 0.416 e. The number of nitrogens with zero attached hydrogens (tertiary/aromatic N) is 2. The Kier molecular flexibility index (Phi) is 18.8. The van der Waals surface area contributed by atoms with Crippen molar-refractivity contribution in [3.63, 3.8) is 0 Å². The summed E-state index contributed by atoms with van der Waals surface area (Å²) >= 11 is 6.01. The minimum absolute atomic E-state index is 0.137. The molecule has 2 heterocycles. The quantitative estimate of drug-likeness (QED) is 0.0725. The van der Waals surface area contributed by atoms with Crippen LogP contribution >= 0.6 is 11.6 Å². The number of benzene rings is 4. The fourth-order valence-corrected chi connectivity index (χ4v) is 6.98. The van der Waals surface area contributed by atoms with Crippen molar-refractivity contribution in [2.75, 3.05) is 6.61 Å². The molecule has 0 saturated carbocycles. The van der Waals surface area contributed by atoms with Crippen LogP contribution < -0.4 is 14.2 Å². The zero-order valence-electron chi connectivity index (χ0n) is 36.7. The van der Waals surface area contributed by atoms with E-state index >= 15 is 0 Å². The molecule has 0 fully saturated rings. The molecule has 0 radical (unpaired) electrons. The van der Waals surface area contributed by atoms with Crippen LogP contribution in [0.4, 0.5) is 13.2 Å². The van der Waals surface area contributed by atoms with E-state index in [-0.39, 0.29) is 25.2 Å². The average Bonchev–Trinajstić information content (AvgIpc) is 3.29. The van der Waals surface area contributed by atoms with Crippen molar-refractivity contribution in [2.24, 2.45) is 0 Å². The van der Waals surface area contributed by atoms with E-state index in [0.29, 0.717) is 46.4 Å². The number of rotatable bonds is 21. The predicted octanol–water partition coefficient (Wildman–Crippen LogP) is 14.0. The molecular weight excluding hydrogens is 857 g/mol. The summed E-state index contributed by atoms with van der Waals surface area (Å²) in [5.74, 6) is 0.100. The molecule has 1 unspecified atom stereocenters. The van der Waals surface area contributed by atoms with Gasteiger partial charge >= 0.3 is 18.1 Å². The maximum atomic E-state index is 12.9. The maximum absolute atomic E-state index is 12.9. The molecule has 2 aromatic heterocycles. The normalized spacial score (nSPS) is 12.0. The monoisotopic (exact) mass is 910 g/mol. The first-order valence-electron chi connectivity index (χ1n) is 21.7. The zero-order valence-corrected chi connectivity index (χ0v) is 37.4. The van der Waals surface area contributed by atoms with Crippen LogP contribution in [0.2, 0.25) is 5.02 Å². The third-order valence-electron chi connectivity index (χ3n) is 10.3. The van der Waals surface area contributed by atoms with Crippen LogP contribution in [0, 0.1) is 6.92 Å². The number of aromatic nitrogens is 2. The van der Waals surface area contributed by atoms with Gasteiger partial charge in [-0.05, 0) is 135 Å². The summed E-state index contributed by atoms with van der Waals surface area (Å²) in [5.41, 5.74) is 5.81. The molecule has 65 heavy (non-hydrogen) atoms. The van der Waals surface area contributed by atoms with Crippen LogP contribution in [0.15, 0.2) is 127 Å². The molecule has 6 aromatic rings. The summed E-state index contributed by atoms with van der Waals surface area (Å²) in [4.78, 5) is 31.0. The van der Waals surface area contributed by atoms with E-state index in [1.165, 1.54) is 12.1 Å². The Hall–Kier alpha value is -6.40. The molecule has 0 aliphatic carbocycles. The van der Waals surface area contributed by atoms with Crippen molar-refractivity contribution in [3.05, 3.63) is 160 Å². The van der Waals surface area contributed by atoms with Gasteiger partial charge in [0.05, 0.1) is 28.3 Å². The van der Waals surface area contributed by atoms with Gasteiger partial charge < -0.3 is 24.4 Å². The van der Waals surface area contributed by atoms with Gasteiger partial charge in [0, 0.05) is 22.6 Å². The van der Waals surface area contributed by atoms with E-state index < -0.39 is 23.7 Å². The van der Waals surface area contributed by atoms with E-state index in [1.807, 2.05) is 91.9 Å². The van der Waals surface area contributed by atoms with Gasteiger partial charge in [0.25, 0.3) is 0 Å². The molecule has 2 N–H and O–H groups in total. The summed E-state index contributed by atoms with van der Waals surface area (Å²) in [5, 5.41) is 18.3. The lowest BCUT2D eigenvalue weighted by molar-refractivity contribution is -0.139. The van der Waals surface area contributed by atoms with Crippen molar-refractivity contribution in [2.45, 2.75) is 96.9 Å². The summed E-state index contributed by atoms with van der Waals surface area (Å²) in [6, 6.07) is 37.0. The molecule has 342 valence electrons. The molecule has 2 atom stereocenters. The molecule has 13 heteroatoms. The van der Waals surface area contributed by atoms with Crippen molar-refractivity contribution < 1.29 is 47.2 Å². The molecule has 0 aliphatic heterocycles. The summed E-state index contributed by atoms with van der Waals surface area (Å²) in [6.07, 6.45) is 2.10. The van der Waals surface area contributed by atoms with Gasteiger partial charge in [0.2, 0.25) is 0 Å². The van der Waals surface area contributed by atoms with Gasteiger partial charge in [-0.3, -0.25) is 4.79 Å². The van der Waals surface area contributed by atoms with Gasteiger partial charge in [-0.25, -0.2) is 14.8 Å². The van der Waals surface area contributed by atoms with Crippen molar-refractivity contribution in [1.29, 1.82) is 0 Å². The molecule has 0 saturated heterocycles. The molecule has 4 aromatic carbocycles. The number of aryl methyl sites for hydroxylation is 2. The number of halogens is 4. The van der Waals surface area contributed by atoms with Gasteiger partial charge in [0.15, 0.2) is 6.61 Å². The number of aliphatic carboxylic acids is 2. The first kappa shape index (κ1) is 49.6. The third kappa shape index (κ3) is 16.0. The highest BCUT2D eigenvalue weighted by Gasteiger charge is 2.30. The lowest BCUT2D eigenvalue weighted by atomic mass is 10.1. The Morgan fingerprint density at radius 1 is 0.662 bits per heavy atom. The fraction of sp³-hybridized carbons (Fsp3) is 0.308. The highest BCUT2D eigenvalue weighted by molar-refractivity contribution is 6.30. The van der Waals surface area contributed by atoms with Crippen molar-refractivity contribution in [3.8, 4) is 39.8 Å². The minimum Gasteiger partial charge on any atom is -0.484 e. The van der Waals surface area contributed by atoms with Gasteiger partial charge in [0.1, 0.15) is 29.5 Å². The standard InChI is InChI=1S/C27H28F3NO3.C25H26ClNO4/c1-2-3-9-25(34-22-17-11-19(12-18-22)6-4-10-26(32)33)24-8-5-7-23(31-24)20-13-15-21(16-14-20)27(28,29)30;1-3-4-8-24(31-20-13-14-23(17(2)15-20)30-16-25(28)29)22-7-5-6-21(27-22)18-9-11-19(26)12-10-18/h5,7-8,11-18,25H,2-4,6,9-10H2,1H3,(H,32,33);5-7,9-15,24H,3-4,8,16H2,1-2H3,(H,28,29)/t;24-/m.1/s1. The number of alkyl halides is 3. The topological polar surface area (TPSA) is 128 Å². The smallest absolute Gasteiger partial charge is 0.416 e. The predicted molar refractivity (Wildman–Crippen MR) is 246 cm³/mol. The third-order valence-corrected chi connectivity index (χ3v) is 10.6. The first-order valence-corrected chi connectivity index (χ1v) is 22.1. The van der Waals surface area contributed by atoms with Gasteiger partial charge in [-0.1, -0.05) is 86.8 Å². The second kappa shape index (κ2) is 24.6. The number of hydrogen-bond acceptors (Lipinski definition) is 7. The Morgan fingerprint density at radius 3 is 1.68 bits per heavy atom.